The van der Waals surface area contributed by atoms with Crippen LogP contribution >= 0.6 is 0 Å². The molecule has 1 aliphatic rings. The van der Waals surface area contributed by atoms with E-state index in [0.29, 0.717) is 5.56 Å². The van der Waals surface area contributed by atoms with Crippen LogP contribution in [0.5, 0.6) is 0 Å². The van der Waals surface area contributed by atoms with Crippen molar-refractivity contribution in [1.29, 1.82) is 0 Å². The molecule has 0 amide bonds. The van der Waals surface area contributed by atoms with Crippen LogP contribution in [0, 0.1) is 5.82 Å². The maximum Gasteiger partial charge on any atom is 0.145 e. The van der Waals surface area contributed by atoms with Gasteiger partial charge in [-0.15, -0.1) is 0 Å². The monoisotopic (exact) mass is 195 g/mol. The lowest BCUT2D eigenvalue weighted by atomic mass is 9.87. The summed E-state index contributed by atoms with van der Waals surface area (Å²) in [7, 11) is 0. The molecule has 2 rings (SSSR count). The maximum atomic E-state index is 13.4. The van der Waals surface area contributed by atoms with Crippen molar-refractivity contribution in [2.45, 2.75) is 18.4 Å². The molecule has 0 saturated carbocycles. The van der Waals surface area contributed by atoms with Gasteiger partial charge in [0, 0.05) is 24.7 Å². The number of nitrogens with one attached hydrogen (secondary N) is 1. The number of rotatable bonds is 1. The van der Waals surface area contributed by atoms with E-state index in [0.717, 1.165) is 19.5 Å². The van der Waals surface area contributed by atoms with Crippen LogP contribution in [-0.4, -0.2) is 24.1 Å². The standard InChI is InChI=1S/C10H14FN3/c11-9-5-13-3-1-7(9)8-2-4-14-6-10(8)12/h1,3,5,8,10,14H,2,4,6,12H2. The van der Waals surface area contributed by atoms with Gasteiger partial charge in [0.25, 0.3) is 0 Å². The zero-order chi connectivity index (χ0) is 9.97. The third-order valence-corrected chi connectivity index (χ3v) is 2.73. The van der Waals surface area contributed by atoms with Gasteiger partial charge in [-0.1, -0.05) is 0 Å². The molecule has 0 aliphatic carbocycles. The van der Waals surface area contributed by atoms with E-state index in [9.17, 15) is 4.39 Å². The highest BCUT2D eigenvalue weighted by Crippen LogP contribution is 2.25. The van der Waals surface area contributed by atoms with Crippen LogP contribution in [-0.2, 0) is 0 Å². The van der Waals surface area contributed by atoms with Crippen LogP contribution < -0.4 is 11.1 Å². The fraction of sp³-hybridized carbons (Fsp3) is 0.500. The van der Waals surface area contributed by atoms with Crippen molar-refractivity contribution in [2.24, 2.45) is 5.73 Å². The molecule has 1 fully saturated rings. The highest BCUT2D eigenvalue weighted by Gasteiger charge is 2.25. The van der Waals surface area contributed by atoms with E-state index in [-0.39, 0.29) is 17.8 Å². The summed E-state index contributed by atoms with van der Waals surface area (Å²) in [4.78, 5) is 3.73. The highest BCUT2D eigenvalue weighted by molar-refractivity contribution is 5.21. The Morgan fingerprint density at radius 3 is 3.14 bits per heavy atom. The highest BCUT2D eigenvalue weighted by atomic mass is 19.1. The molecule has 76 valence electrons. The van der Waals surface area contributed by atoms with Crippen molar-refractivity contribution >= 4 is 0 Å². The van der Waals surface area contributed by atoms with Gasteiger partial charge in [0.05, 0.1) is 6.20 Å². The predicted octanol–water partition coefficient (Wildman–Crippen LogP) is 0.625. The summed E-state index contributed by atoms with van der Waals surface area (Å²) in [5.41, 5.74) is 6.63. The zero-order valence-corrected chi connectivity index (χ0v) is 7.91. The van der Waals surface area contributed by atoms with Crippen molar-refractivity contribution < 1.29 is 4.39 Å². The molecule has 1 aliphatic heterocycles. The molecule has 2 heterocycles. The predicted molar refractivity (Wildman–Crippen MR) is 52.4 cm³/mol. The minimum Gasteiger partial charge on any atom is -0.326 e. The Labute approximate surface area is 82.5 Å². The van der Waals surface area contributed by atoms with Crippen molar-refractivity contribution in [2.75, 3.05) is 13.1 Å². The Balaban J connectivity index is 2.25. The molecule has 2 unspecified atom stereocenters. The van der Waals surface area contributed by atoms with Crippen molar-refractivity contribution in [3.05, 3.63) is 29.8 Å². The number of piperidine rings is 1. The minimum atomic E-state index is -0.241. The molecule has 3 N–H and O–H groups in total. The van der Waals surface area contributed by atoms with E-state index >= 15 is 0 Å². The van der Waals surface area contributed by atoms with E-state index in [1.165, 1.54) is 6.20 Å². The first-order valence-corrected chi connectivity index (χ1v) is 4.85. The summed E-state index contributed by atoms with van der Waals surface area (Å²) in [6, 6.07) is 1.73. The molecule has 0 aromatic carbocycles. The summed E-state index contributed by atoms with van der Waals surface area (Å²) >= 11 is 0. The number of hydrogen-bond acceptors (Lipinski definition) is 3. The molecule has 1 aromatic heterocycles. The normalized spacial score (nSPS) is 27.6. The summed E-state index contributed by atoms with van der Waals surface area (Å²) < 4.78 is 13.4. The summed E-state index contributed by atoms with van der Waals surface area (Å²) in [6.07, 6.45) is 3.76. The topological polar surface area (TPSA) is 50.9 Å². The third-order valence-electron chi connectivity index (χ3n) is 2.73. The number of hydrogen-bond donors (Lipinski definition) is 2. The van der Waals surface area contributed by atoms with Crippen molar-refractivity contribution in [3.8, 4) is 0 Å². The first-order valence-electron chi connectivity index (χ1n) is 4.85. The number of aromatic nitrogens is 1. The molecule has 0 spiro atoms. The molecule has 2 atom stereocenters. The lowest BCUT2D eigenvalue weighted by molar-refractivity contribution is 0.392. The Kier molecular flexibility index (Phi) is 2.74. The van der Waals surface area contributed by atoms with Crippen LogP contribution in [0.15, 0.2) is 18.5 Å². The first-order chi connectivity index (χ1) is 6.79. The Morgan fingerprint density at radius 2 is 2.43 bits per heavy atom. The summed E-state index contributed by atoms with van der Waals surface area (Å²) in [6.45, 7) is 1.66. The molecular weight excluding hydrogens is 181 g/mol. The number of nitrogens with zero attached hydrogens (tertiary/aromatic N) is 1. The lowest BCUT2D eigenvalue weighted by Gasteiger charge is -2.29. The lowest BCUT2D eigenvalue weighted by Crippen LogP contribution is -2.45. The van der Waals surface area contributed by atoms with E-state index < -0.39 is 0 Å². The Morgan fingerprint density at radius 1 is 1.57 bits per heavy atom. The fourth-order valence-corrected chi connectivity index (χ4v) is 1.96. The van der Waals surface area contributed by atoms with Gasteiger partial charge in [-0.25, -0.2) is 4.39 Å². The molecule has 3 nitrogen and oxygen atoms in total. The van der Waals surface area contributed by atoms with E-state index in [2.05, 4.69) is 10.3 Å². The SMILES string of the molecule is NC1CNCCC1c1ccncc1F. The smallest absolute Gasteiger partial charge is 0.145 e. The number of pyridine rings is 1. The second-order valence-corrected chi connectivity index (χ2v) is 3.66. The van der Waals surface area contributed by atoms with Crippen LogP contribution in [0.25, 0.3) is 0 Å². The van der Waals surface area contributed by atoms with Gasteiger partial charge >= 0.3 is 0 Å². The number of nitrogens with two attached hydrogens (primary N) is 1. The Hall–Kier alpha value is -1.00. The molecule has 1 aromatic rings. The zero-order valence-electron chi connectivity index (χ0n) is 7.91. The van der Waals surface area contributed by atoms with E-state index in [1.54, 1.807) is 12.3 Å². The summed E-state index contributed by atoms with van der Waals surface area (Å²) in [5, 5.41) is 3.19. The van der Waals surface area contributed by atoms with Crippen LogP contribution in [0.1, 0.15) is 17.9 Å². The van der Waals surface area contributed by atoms with Gasteiger partial charge in [-0.05, 0) is 24.6 Å². The van der Waals surface area contributed by atoms with E-state index in [4.69, 9.17) is 5.73 Å². The largest absolute Gasteiger partial charge is 0.326 e. The molecular formula is C10H14FN3. The third kappa shape index (κ3) is 1.76. The summed E-state index contributed by atoms with van der Waals surface area (Å²) in [5.74, 6) is -0.117. The Bertz CT molecular complexity index is 316. The molecule has 4 heteroatoms. The maximum absolute atomic E-state index is 13.4. The van der Waals surface area contributed by atoms with Crippen LogP contribution in [0.4, 0.5) is 4.39 Å². The molecule has 0 bridgehead atoms. The van der Waals surface area contributed by atoms with Gasteiger partial charge in [-0.2, -0.15) is 0 Å². The van der Waals surface area contributed by atoms with Gasteiger partial charge in [0.2, 0.25) is 0 Å². The first kappa shape index (κ1) is 9.55. The average Bonchev–Trinajstić information content (AvgIpc) is 2.20. The molecule has 14 heavy (non-hydrogen) atoms. The quantitative estimate of drug-likeness (QED) is 0.691. The molecule has 1 saturated heterocycles. The van der Waals surface area contributed by atoms with Crippen molar-refractivity contribution in [1.82, 2.24) is 10.3 Å². The van der Waals surface area contributed by atoms with Crippen LogP contribution in [0.2, 0.25) is 0 Å². The van der Waals surface area contributed by atoms with Crippen LogP contribution in [0.3, 0.4) is 0 Å². The molecule has 0 radical (unpaired) electrons. The van der Waals surface area contributed by atoms with Gasteiger partial charge in [0.1, 0.15) is 5.82 Å². The van der Waals surface area contributed by atoms with Gasteiger partial charge < -0.3 is 11.1 Å². The fourth-order valence-electron chi connectivity index (χ4n) is 1.96. The van der Waals surface area contributed by atoms with Gasteiger partial charge in [-0.3, -0.25) is 4.98 Å². The van der Waals surface area contributed by atoms with Gasteiger partial charge in [0.15, 0.2) is 0 Å². The minimum absolute atomic E-state index is 0.000602. The second-order valence-electron chi connectivity index (χ2n) is 3.66. The van der Waals surface area contributed by atoms with E-state index in [1.807, 2.05) is 0 Å². The number of halogens is 1. The van der Waals surface area contributed by atoms with Crippen molar-refractivity contribution in [3.63, 3.8) is 0 Å². The average molecular weight is 195 g/mol. The second kappa shape index (κ2) is 4.02.